The minimum absolute atomic E-state index is 0.0780. The lowest BCUT2D eigenvalue weighted by Gasteiger charge is -2.18. The molecule has 0 aliphatic carbocycles. The quantitative estimate of drug-likeness (QED) is 0.213. The maximum Gasteiger partial charge on any atom is 0.469 e. The number of carboxylic acids is 1. The molecule has 0 heterocycles. The standard InChI is InChI=1S/C12H17N2O9P/c13-7(3-6-1-2-9(15)10(16)4-6)11(17)14-8(12(18)19)5-23-24(20,21)22/h1-2,4,7-8,15-16H,3,5,13H2,(H,14,17)(H,18,19)(H2,20,21,22)/t7-,8-/m0/s1. The average molecular weight is 364 g/mol. The number of amides is 1. The van der Waals surface area contributed by atoms with Gasteiger partial charge in [0.2, 0.25) is 5.91 Å². The number of benzene rings is 1. The fourth-order valence-electron chi connectivity index (χ4n) is 1.67. The van der Waals surface area contributed by atoms with Crippen LogP contribution >= 0.6 is 7.82 Å². The van der Waals surface area contributed by atoms with Crippen LogP contribution in [0.1, 0.15) is 5.56 Å². The summed E-state index contributed by atoms with van der Waals surface area (Å²) >= 11 is 0. The summed E-state index contributed by atoms with van der Waals surface area (Å²) in [6.07, 6.45) is -0.0780. The van der Waals surface area contributed by atoms with E-state index in [1.165, 1.54) is 18.2 Å². The Balaban J connectivity index is 2.67. The summed E-state index contributed by atoms with van der Waals surface area (Å²) in [5.41, 5.74) is 6.03. The molecule has 1 amide bonds. The number of phosphoric acid groups is 1. The van der Waals surface area contributed by atoms with Crippen molar-refractivity contribution in [3.8, 4) is 11.5 Å². The third kappa shape index (κ3) is 6.52. The van der Waals surface area contributed by atoms with E-state index in [1.54, 1.807) is 0 Å². The fourth-order valence-corrected chi connectivity index (χ4v) is 2.01. The van der Waals surface area contributed by atoms with Crippen molar-refractivity contribution in [2.75, 3.05) is 6.61 Å². The summed E-state index contributed by atoms with van der Waals surface area (Å²) in [6, 6.07) is 0.889. The highest BCUT2D eigenvalue weighted by Crippen LogP contribution is 2.35. The number of rotatable bonds is 8. The summed E-state index contributed by atoms with van der Waals surface area (Å²) in [6.45, 7) is -0.946. The zero-order valence-electron chi connectivity index (χ0n) is 12.2. The summed E-state index contributed by atoms with van der Waals surface area (Å²) in [7, 11) is -4.89. The van der Waals surface area contributed by atoms with Gasteiger partial charge in [-0.05, 0) is 24.1 Å². The number of phenols is 2. The second-order valence-electron chi connectivity index (χ2n) is 4.82. The van der Waals surface area contributed by atoms with Crippen LogP contribution in [0, 0.1) is 0 Å². The first kappa shape index (κ1) is 19.9. The lowest BCUT2D eigenvalue weighted by atomic mass is 10.0. The van der Waals surface area contributed by atoms with E-state index in [9.17, 15) is 24.4 Å². The number of hydrogen-bond donors (Lipinski definition) is 7. The highest BCUT2D eigenvalue weighted by atomic mass is 31.2. The Morgan fingerprint density at radius 1 is 1.25 bits per heavy atom. The van der Waals surface area contributed by atoms with E-state index in [2.05, 4.69) is 4.52 Å². The largest absolute Gasteiger partial charge is 0.504 e. The predicted octanol–water partition coefficient (Wildman–Crippen LogP) is -1.35. The zero-order chi connectivity index (χ0) is 18.5. The molecule has 0 aliphatic rings. The molecular weight excluding hydrogens is 347 g/mol. The maximum atomic E-state index is 11.9. The van der Waals surface area contributed by atoms with Crippen molar-refractivity contribution in [1.82, 2.24) is 5.32 Å². The van der Waals surface area contributed by atoms with Gasteiger partial charge in [-0.1, -0.05) is 6.07 Å². The number of nitrogens with one attached hydrogen (secondary N) is 1. The maximum absolute atomic E-state index is 11.9. The summed E-state index contributed by atoms with van der Waals surface area (Å²) < 4.78 is 14.6. The van der Waals surface area contributed by atoms with Gasteiger partial charge in [-0.3, -0.25) is 9.32 Å². The molecule has 1 aromatic rings. The zero-order valence-corrected chi connectivity index (χ0v) is 13.1. The van der Waals surface area contributed by atoms with E-state index in [0.717, 1.165) is 0 Å². The molecule has 0 aromatic heterocycles. The Bertz CT molecular complexity index is 660. The first-order valence-corrected chi connectivity index (χ1v) is 8.02. The molecule has 0 fully saturated rings. The highest BCUT2D eigenvalue weighted by Gasteiger charge is 2.27. The first-order chi connectivity index (χ1) is 11.0. The van der Waals surface area contributed by atoms with Gasteiger partial charge in [-0.25, -0.2) is 9.36 Å². The number of hydrogen-bond acceptors (Lipinski definition) is 7. The molecule has 0 saturated carbocycles. The number of carboxylic acid groups (broad SMARTS) is 1. The Morgan fingerprint density at radius 2 is 1.88 bits per heavy atom. The van der Waals surface area contributed by atoms with Crippen LogP contribution in [0.3, 0.4) is 0 Å². The number of phenolic OH excluding ortho intramolecular Hbond substituents is 2. The van der Waals surface area contributed by atoms with Gasteiger partial charge in [0.15, 0.2) is 17.5 Å². The third-order valence-electron chi connectivity index (χ3n) is 2.86. The molecule has 134 valence electrons. The van der Waals surface area contributed by atoms with Gasteiger partial charge in [0.05, 0.1) is 12.6 Å². The number of phosphoric ester groups is 1. The molecule has 0 spiro atoms. The fraction of sp³-hybridized carbons (Fsp3) is 0.333. The van der Waals surface area contributed by atoms with Gasteiger partial charge in [-0.2, -0.15) is 0 Å². The number of aromatic hydroxyl groups is 2. The minimum atomic E-state index is -4.89. The average Bonchev–Trinajstić information content (AvgIpc) is 2.45. The van der Waals surface area contributed by atoms with Gasteiger partial charge in [-0.15, -0.1) is 0 Å². The molecule has 0 bridgehead atoms. The lowest BCUT2D eigenvalue weighted by Crippen LogP contribution is -2.50. The molecule has 2 atom stereocenters. The van der Waals surface area contributed by atoms with Crippen LogP contribution in [0.4, 0.5) is 0 Å². The Hall–Kier alpha value is -2.17. The first-order valence-electron chi connectivity index (χ1n) is 6.49. The van der Waals surface area contributed by atoms with Crippen molar-refractivity contribution in [2.24, 2.45) is 5.73 Å². The minimum Gasteiger partial charge on any atom is -0.504 e. The number of nitrogens with two attached hydrogens (primary N) is 1. The van der Waals surface area contributed by atoms with E-state index >= 15 is 0 Å². The molecule has 1 aromatic carbocycles. The van der Waals surface area contributed by atoms with Crippen LogP contribution < -0.4 is 11.1 Å². The van der Waals surface area contributed by atoms with Crippen molar-refractivity contribution in [3.63, 3.8) is 0 Å². The van der Waals surface area contributed by atoms with Gasteiger partial charge in [0.25, 0.3) is 0 Å². The predicted molar refractivity (Wildman–Crippen MR) is 79.0 cm³/mol. The van der Waals surface area contributed by atoms with Crippen molar-refractivity contribution in [1.29, 1.82) is 0 Å². The van der Waals surface area contributed by atoms with E-state index in [4.69, 9.17) is 20.6 Å². The normalized spacial score (nSPS) is 14.0. The van der Waals surface area contributed by atoms with Gasteiger partial charge in [0, 0.05) is 0 Å². The van der Waals surface area contributed by atoms with Crippen molar-refractivity contribution in [3.05, 3.63) is 23.8 Å². The van der Waals surface area contributed by atoms with Crippen LogP contribution in [0.15, 0.2) is 18.2 Å². The second-order valence-corrected chi connectivity index (χ2v) is 6.06. The highest BCUT2D eigenvalue weighted by molar-refractivity contribution is 7.46. The molecule has 0 saturated heterocycles. The molecule has 24 heavy (non-hydrogen) atoms. The molecule has 11 nitrogen and oxygen atoms in total. The Kier molecular flexibility index (Phi) is 6.70. The monoisotopic (exact) mass is 364 g/mol. The van der Waals surface area contributed by atoms with Gasteiger partial charge < -0.3 is 36.2 Å². The van der Waals surface area contributed by atoms with E-state index in [-0.39, 0.29) is 12.2 Å². The topological polar surface area (TPSA) is 200 Å². The van der Waals surface area contributed by atoms with Gasteiger partial charge >= 0.3 is 13.8 Å². The third-order valence-corrected chi connectivity index (χ3v) is 3.34. The molecule has 12 heteroatoms. The van der Waals surface area contributed by atoms with E-state index in [1.807, 2.05) is 5.32 Å². The summed E-state index contributed by atoms with van der Waals surface area (Å²) in [4.78, 5) is 39.9. The van der Waals surface area contributed by atoms with Crippen LogP contribution in [0.25, 0.3) is 0 Å². The van der Waals surface area contributed by atoms with E-state index < -0.39 is 44.1 Å². The van der Waals surface area contributed by atoms with Crippen molar-refractivity contribution in [2.45, 2.75) is 18.5 Å². The Labute approximate surface area is 135 Å². The van der Waals surface area contributed by atoms with Crippen LogP contribution in [0.5, 0.6) is 11.5 Å². The molecule has 0 radical (unpaired) electrons. The lowest BCUT2D eigenvalue weighted by molar-refractivity contribution is -0.143. The SMILES string of the molecule is N[C@@H](Cc1ccc(O)c(O)c1)C(=O)N[C@@H](COP(=O)(O)O)C(=O)O. The summed E-state index contributed by atoms with van der Waals surface area (Å²) in [5, 5.41) is 29.4. The molecule has 0 unspecified atom stereocenters. The number of carbonyl (C=O) groups excluding carboxylic acids is 1. The van der Waals surface area contributed by atoms with Crippen LogP contribution in [-0.2, 0) is 25.1 Å². The van der Waals surface area contributed by atoms with Crippen LogP contribution in [0.2, 0.25) is 0 Å². The summed E-state index contributed by atoms with van der Waals surface area (Å²) in [5.74, 6) is -3.22. The smallest absolute Gasteiger partial charge is 0.469 e. The van der Waals surface area contributed by atoms with Gasteiger partial charge in [0.1, 0.15) is 0 Å². The second kappa shape index (κ2) is 8.08. The molecule has 1 rings (SSSR count). The Morgan fingerprint density at radius 3 is 2.38 bits per heavy atom. The van der Waals surface area contributed by atoms with Crippen LogP contribution in [-0.4, -0.2) is 55.7 Å². The molecule has 8 N–H and O–H groups in total. The number of aliphatic carboxylic acids is 1. The van der Waals surface area contributed by atoms with Crippen molar-refractivity contribution < 1.29 is 43.8 Å². The van der Waals surface area contributed by atoms with Crippen molar-refractivity contribution >= 4 is 19.7 Å². The molecular formula is C12H17N2O9P. The van der Waals surface area contributed by atoms with E-state index in [0.29, 0.717) is 5.56 Å². The number of carbonyl (C=O) groups is 2. The molecule has 0 aliphatic heterocycles.